The molecular weight excluding hydrogens is 266 g/mol. The Bertz CT molecular complexity index is 503. The van der Waals surface area contributed by atoms with Gasteiger partial charge in [0.15, 0.2) is 0 Å². The van der Waals surface area contributed by atoms with E-state index in [4.69, 9.17) is 9.84 Å². The van der Waals surface area contributed by atoms with Crippen molar-refractivity contribution in [2.24, 2.45) is 11.8 Å². The monoisotopic (exact) mass is 289 g/mol. The van der Waals surface area contributed by atoms with E-state index >= 15 is 0 Å². The van der Waals surface area contributed by atoms with Gasteiger partial charge in [-0.1, -0.05) is 24.3 Å². The fraction of sp³-hybridized carbons (Fsp3) is 0.588. The van der Waals surface area contributed by atoms with Crippen LogP contribution >= 0.6 is 0 Å². The molecule has 4 nitrogen and oxygen atoms in total. The van der Waals surface area contributed by atoms with Crippen LogP contribution < -0.4 is 5.32 Å². The summed E-state index contributed by atoms with van der Waals surface area (Å²) >= 11 is 0. The Morgan fingerprint density at radius 1 is 1.33 bits per heavy atom. The largest absolute Gasteiger partial charge is 0.394 e. The van der Waals surface area contributed by atoms with Crippen LogP contribution in [0.2, 0.25) is 0 Å². The number of aliphatic hydroxyl groups excluding tert-OH is 1. The molecule has 1 amide bonds. The third-order valence-corrected chi connectivity index (χ3v) is 4.63. The van der Waals surface area contributed by atoms with E-state index in [0.717, 1.165) is 19.3 Å². The van der Waals surface area contributed by atoms with Crippen molar-refractivity contribution in [1.29, 1.82) is 0 Å². The number of fused-ring (bicyclic) bond motifs is 3. The Morgan fingerprint density at radius 2 is 2.19 bits per heavy atom. The number of ether oxygens (including phenoxy) is 1. The summed E-state index contributed by atoms with van der Waals surface area (Å²) in [7, 11) is 0. The lowest BCUT2D eigenvalue weighted by molar-refractivity contribution is -0.122. The molecule has 3 atom stereocenters. The molecule has 3 unspecified atom stereocenters. The molecule has 1 aromatic carbocycles. The van der Waals surface area contributed by atoms with E-state index in [1.807, 2.05) is 0 Å². The quantitative estimate of drug-likeness (QED) is 0.748. The Balaban J connectivity index is 1.46. The number of carbonyl (C=O) groups is 1. The molecular formula is C17H23NO3. The zero-order valence-electron chi connectivity index (χ0n) is 12.3. The van der Waals surface area contributed by atoms with Crippen molar-refractivity contribution in [2.75, 3.05) is 26.4 Å². The van der Waals surface area contributed by atoms with Crippen molar-refractivity contribution in [3.8, 4) is 0 Å². The molecule has 0 aliphatic heterocycles. The predicted molar refractivity (Wildman–Crippen MR) is 80.0 cm³/mol. The Morgan fingerprint density at radius 3 is 3.05 bits per heavy atom. The van der Waals surface area contributed by atoms with Crippen LogP contribution in [0.1, 0.15) is 29.9 Å². The minimum absolute atomic E-state index is 0.0528. The zero-order chi connectivity index (χ0) is 14.7. The van der Waals surface area contributed by atoms with Crippen LogP contribution in [0.3, 0.4) is 0 Å². The van der Waals surface area contributed by atoms with Crippen molar-refractivity contribution in [3.63, 3.8) is 0 Å². The summed E-state index contributed by atoms with van der Waals surface area (Å²) in [5.74, 6) is 1.36. The molecule has 114 valence electrons. The number of carbonyl (C=O) groups excluding carboxylic acids is 1. The Kier molecular flexibility index (Phi) is 4.56. The van der Waals surface area contributed by atoms with Gasteiger partial charge in [-0.3, -0.25) is 4.79 Å². The van der Waals surface area contributed by atoms with E-state index in [2.05, 4.69) is 29.6 Å². The summed E-state index contributed by atoms with van der Waals surface area (Å²) in [6, 6.07) is 8.54. The first-order valence-corrected chi connectivity index (χ1v) is 7.87. The highest BCUT2D eigenvalue weighted by atomic mass is 16.5. The van der Waals surface area contributed by atoms with Gasteiger partial charge in [-0.05, 0) is 42.2 Å². The topological polar surface area (TPSA) is 58.6 Å². The molecule has 0 radical (unpaired) electrons. The Labute approximate surface area is 125 Å². The van der Waals surface area contributed by atoms with E-state index in [1.165, 1.54) is 11.1 Å². The van der Waals surface area contributed by atoms with Crippen LogP contribution in [0.25, 0.3) is 0 Å². The van der Waals surface area contributed by atoms with E-state index in [-0.39, 0.29) is 18.4 Å². The Hall–Kier alpha value is -1.39. The summed E-state index contributed by atoms with van der Waals surface area (Å²) in [5, 5.41) is 11.6. The molecule has 3 rings (SSSR count). The number of rotatable bonds is 7. The van der Waals surface area contributed by atoms with E-state index in [9.17, 15) is 4.79 Å². The fourth-order valence-corrected chi connectivity index (χ4v) is 3.59. The number of nitrogens with one attached hydrogen (secondary N) is 1. The zero-order valence-corrected chi connectivity index (χ0v) is 12.3. The van der Waals surface area contributed by atoms with Gasteiger partial charge in [0, 0.05) is 19.1 Å². The molecule has 2 aliphatic rings. The molecule has 1 saturated carbocycles. The summed E-state index contributed by atoms with van der Waals surface area (Å²) in [6.07, 6.45) is 3.04. The van der Waals surface area contributed by atoms with Gasteiger partial charge in [0.1, 0.15) is 0 Å². The van der Waals surface area contributed by atoms with Crippen molar-refractivity contribution in [3.05, 3.63) is 35.4 Å². The number of benzene rings is 1. The van der Waals surface area contributed by atoms with Crippen molar-refractivity contribution in [2.45, 2.75) is 25.2 Å². The lowest BCUT2D eigenvalue weighted by atomic mass is 9.92. The molecule has 4 heteroatoms. The fourth-order valence-electron chi connectivity index (χ4n) is 3.59. The highest BCUT2D eigenvalue weighted by molar-refractivity contribution is 5.84. The third-order valence-electron chi connectivity index (χ3n) is 4.63. The van der Waals surface area contributed by atoms with E-state index < -0.39 is 0 Å². The van der Waals surface area contributed by atoms with Gasteiger partial charge in [0.25, 0.3) is 0 Å². The molecule has 2 aliphatic carbocycles. The van der Waals surface area contributed by atoms with Crippen LogP contribution in [-0.2, 0) is 16.0 Å². The minimum atomic E-state index is 0.0528. The van der Waals surface area contributed by atoms with Gasteiger partial charge in [-0.25, -0.2) is 0 Å². The second kappa shape index (κ2) is 6.58. The molecule has 0 bridgehead atoms. The van der Waals surface area contributed by atoms with Gasteiger partial charge in [0.2, 0.25) is 5.91 Å². The van der Waals surface area contributed by atoms with Crippen LogP contribution in [0.5, 0.6) is 0 Å². The minimum Gasteiger partial charge on any atom is -0.394 e. The summed E-state index contributed by atoms with van der Waals surface area (Å²) < 4.78 is 5.18. The number of hydrogen-bond acceptors (Lipinski definition) is 3. The second-order valence-corrected chi connectivity index (χ2v) is 5.93. The molecule has 0 heterocycles. The summed E-state index contributed by atoms with van der Waals surface area (Å²) in [5.41, 5.74) is 2.81. The molecule has 0 saturated heterocycles. The number of aliphatic hydroxyl groups is 1. The predicted octanol–water partition coefficient (Wildman–Crippen LogP) is 1.48. The molecule has 21 heavy (non-hydrogen) atoms. The average molecular weight is 289 g/mol. The number of hydrogen-bond donors (Lipinski definition) is 2. The average Bonchev–Trinajstić information content (AvgIpc) is 3.25. The van der Waals surface area contributed by atoms with Gasteiger partial charge in [-0.2, -0.15) is 0 Å². The lowest BCUT2D eigenvalue weighted by Gasteiger charge is -2.13. The van der Waals surface area contributed by atoms with Crippen LogP contribution in [0, 0.1) is 11.8 Å². The van der Waals surface area contributed by atoms with Gasteiger partial charge < -0.3 is 15.2 Å². The van der Waals surface area contributed by atoms with Gasteiger partial charge >= 0.3 is 0 Å². The molecule has 1 aromatic rings. The first-order valence-electron chi connectivity index (χ1n) is 7.87. The maximum absolute atomic E-state index is 12.3. The SMILES string of the molecule is O=C(NCCCOCCO)C1C2CCc3ccccc3C21. The van der Waals surface area contributed by atoms with Crippen molar-refractivity contribution < 1.29 is 14.6 Å². The third kappa shape index (κ3) is 3.11. The van der Waals surface area contributed by atoms with Gasteiger partial charge in [0.05, 0.1) is 13.2 Å². The molecule has 1 fully saturated rings. The first-order chi connectivity index (χ1) is 10.3. The van der Waals surface area contributed by atoms with Crippen molar-refractivity contribution >= 4 is 5.91 Å². The number of aryl methyl sites for hydroxylation is 1. The van der Waals surface area contributed by atoms with E-state index in [1.54, 1.807) is 0 Å². The second-order valence-electron chi connectivity index (χ2n) is 5.93. The highest BCUT2D eigenvalue weighted by Gasteiger charge is 2.56. The normalized spacial score (nSPS) is 25.9. The maximum Gasteiger partial charge on any atom is 0.224 e. The molecule has 0 aromatic heterocycles. The standard InChI is InChI=1S/C17H23NO3/c19-9-11-21-10-3-8-18-17(20)16-14-7-6-12-4-1-2-5-13(12)15(14)16/h1-2,4-5,14-16,19H,3,6-11H2,(H,18,20). The van der Waals surface area contributed by atoms with Gasteiger partial charge in [-0.15, -0.1) is 0 Å². The highest BCUT2D eigenvalue weighted by Crippen LogP contribution is 2.59. The first kappa shape index (κ1) is 14.5. The summed E-state index contributed by atoms with van der Waals surface area (Å²) in [6.45, 7) is 1.66. The number of amides is 1. The van der Waals surface area contributed by atoms with Crippen LogP contribution in [0.15, 0.2) is 24.3 Å². The van der Waals surface area contributed by atoms with Crippen LogP contribution in [0.4, 0.5) is 0 Å². The summed E-state index contributed by atoms with van der Waals surface area (Å²) in [4.78, 5) is 12.3. The lowest BCUT2D eigenvalue weighted by Crippen LogP contribution is -2.27. The van der Waals surface area contributed by atoms with Crippen LogP contribution in [-0.4, -0.2) is 37.4 Å². The molecule has 2 N–H and O–H groups in total. The smallest absolute Gasteiger partial charge is 0.224 e. The molecule has 0 spiro atoms. The maximum atomic E-state index is 12.3. The van der Waals surface area contributed by atoms with Crippen molar-refractivity contribution in [1.82, 2.24) is 5.32 Å². The van der Waals surface area contributed by atoms with E-state index in [0.29, 0.717) is 31.6 Å².